The zero-order valence-electron chi connectivity index (χ0n) is 20.1. The topological polar surface area (TPSA) is 98.9 Å². The van der Waals surface area contributed by atoms with Crippen molar-refractivity contribution in [1.82, 2.24) is 4.98 Å². The standard InChI is InChI=1S/C27H24N2O6S/c1-4-5-13-34-17-10-8-9-16(14-17)21-20-22(30)18-11-6-7-12-19(18)35-23(20)25(31)29(21)27-28-15(2)24(36-27)26(32)33-3/h6-12,14,21H,4-5,13H2,1-3H3/t21-/m1/s1. The highest BCUT2D eigenvalue weighted by atomic mass is 32.1. The van der Waals surface area contributed by atoms with Crippen molar-refractivity contribution >= 4 is 39.3 Å². The summed E-state index contributed by atoms with van der Waals surface area (Å²) in [4.78, 5) is 45.9. The van der Waals surface area contributed by atoms with Gasteiger partial charge in [-0.15, -0.1) is 0 Å². The molecule has 1 aliphatic heterocycles. The van der Waals surface area contributed by atoms with Crippen LogP contribution in [0.1, 0.15) is 62.9 Å². The van der Waals surface area contributed by atoms with Gasteiger partial charge in [-0.3, -0.25) is 14.5 Å². The van der Waals surface area contributed by atoms with Crippen molar-refractivity contribution < 1.29 is 23.5 Å². The largest absolute Gasteiger partial charge is 0.494 e. The van der Waals surface area contributed by atoms with Crippen LogP contribution in [0.15, 0.2) is 57.7 Å². The first-order chi connectivity index (χ1) is 17.4. The van der Waals surface area contributed by atoms with Crippen molar-refractivity contribution in [2.45, 2.75) is 32.7 Å². The number of aromatic nitrogens is 1. The maximum absolute atomic E-state index is 13.7. The number of hydrogen-bond donors (Lipinski definition) is 0. The zero-order valence-corrected chi connectivity index (χ0v) is 20.9. The van der Waals surface area contributed by atoms with Gasteiger partial charge in [0.05, 0.1) is 36.4 Å². The molecule has 1 atom stereocenters. The first-order valence-electron chi connectivity index (χ1n) is 11.6. The lowest BCUT2D eigenvalue weighted by Gasteiger charge is -2.23. The highest BCUT2D eigenvalue weighted by Gasteiger charge is 2.45. The number of para-hydroxylation sites is 1. The minimum absolute atomic E-state index is 0.0338. The van der Waals surface area contributed by atoms with Crippen LogP contribution in [-0.4, -0.2) is 30.6 Å². The molecule has 0 spiro atoms. The summed E-state index contributed by atoms with van der Waals surface area (Å²) >= 11 is 1.04. The van der Waals surface area contributed by atoms with Crippen LogP contribution in [0.5, 0.6) is 5.75 Å². The molecule has 5 rings (SSSR count). The molecule has 2 aromatic carbocycles. The molecule has 0 unspecified atom stereocenters. The van der Waals surface area contributed by atoms with E-state index in [1.807, 2.05) is 24.3 Å². The smallest absolute Gasteiger partial charge is 0.350 e. The number of hydrogen-bond acceptors (Lipinski definition) is 8. The number of ether oxygens (including phenoxy) is 2. The third-order valence-corrected chi connectivity index (χ3v) is 7.22. The van der Waals surface area contributed by atoms with Gasteiger partial charge in [-0.2, -0.15) is 0 Å². The lowest BCUT2D eigenvalue weighted by Crippen LogP contribution is -2.29. The monoisotopic (exact) mass is 504 g/mol. The van der Waals surface area contributed by atoms with Crippen LogP contribution in [0.3, 0.4) is 0 Å². The highest BCUT2D eigenvalue weighted by molar-refractivity contribution is 7.17. The molecule has 0 saturated heterocycles. The Balaban J connectivity index is 1.70. The Morgan fingerprint density at radius 2 is 1.97 bits per heavy atom. The van der Waals surface area contributed by atoms with Gasteiger partial charge in [0.15, 0.2) is 10.6 Å². The number of carbonyl (C=O) groups excluding carboxylic acids is 2. The second kappa shape index (κ2) is 9.58. The van der Waals surface area contributed by atoms with Crippen molar-refractivity contribution in [2.24, 2.45) is 0 Å². The fraction of sp³-hybridized carbons (Fsp3) is 0.259. The van der Waals surface area contributed by atoms with Gasteiger partial charge < -0.3 is 13.9 Å². The molecule has 36 heavy (non-hydrogen) atoms. The number of amides is 1. The first-order valence-corrected chi connectivity index (χ1v) is 12.4. The second-order valence-corrected chi connectivity index (χ2v) is 9.40. The predicted octanol–water partition coefficient (Wildman–Crippen LogP) is 5.27. The lowest BCUT2D eigenvalue weighted by atomic mass is 9.98. The van der Waals surface area contributed by atoms with Gasteiger partial charge >= 0.3 is 5.97 Å². The number of methoxy groups -OCH3 is 1. The number of benzene rings is 2. The molecule has 0 aliphatic carbocycles. The number of unbranched alkanes of at least 4 members (excludes halogenated alkanes) is 1. The van der Waals surface area contributed by atoms with Crippen LogP contribution in [0, 0.1) is 6.92 Å². The second-order valence-electron chi connectivity index (χ2n) is 8.42. The number of nitrogens with zero attached hydrogens (tertiary/aromatic N) is 2. The van der Waals surface area contributed by atoms with Gasteiger partial charge in [-0.05, 0) is 43.2 Å². The first kappa shape index (κ1) is 23.7. The van der Waals surface area contributed by atoms with E-state index in [-0.39, 0.29) is 26.8 Å². The molecular formula is C27H24N2O6S. The number of fused-ring (bicyclic) bond motifs is 2. The molecule has 8 nitrogen and oxygen atoms in total. The van der Waals surface area contributed by atoms with Gasteiger partial charge in [-0.1, -0.05) is 48.9 Å². The van der Waals surface area contributed by atoms with E-state index in [0.717, 1.165) is 24.2 Å². The van der Waals surface area contributed by atoms with Crippen LogP contribution < -0.4 is 15.1 Å². The third-order valence-electron chi connectivity index (χ3n) is 6.08. The predicted molar refractivity (Wildman–Crippen MR) is 136 cm³/mol. The molecule has 3 heterocycles. The Morgan fingerprint density at radius 3 is 2.75 bits per heavy atom. The van der Waals surface area contributed by atoms with Gasteiger partial charge in [0.2, 0.25) is 5.76 Å². The fourth-order valence-corrected chi connectivity index (χ4v) is 5.32. The Kier molecular flexibility index (Phi) is 6.32. The molecule has 1 amide bonds. The Hall–Kier alpha value is -3.98. The molecule has 0 N–H and O–H groups in total. The number of aryl methyl sites for hydroxylation is 1. The van der Waals surface area contributed by atoms with Crippen LogP contribution in [-0.2, 0) is 4.74 Å². The maximum Gasteiger partial charge on any atom is 0.350 e. The molecule has 4 aromatic rings. The number of thiazole rings is 1. The quantitative estimate of drug-likeness (QED) is 0.250. The summed E-state index contributed by atoms with van der Waals surface area (Å²) in [7, 11) is 1.29. The van der Waals surface area contributed by atoms with Gasteiger partial charge in [0.1, 0.15) is 16.2 Å². The van der Waals surface area contributed by atoms with Crippen LogP contribution in [0.4, 0.5) is 5.13 Å². The molecule has 9 heteroatoms. The summed E-state index contributed by atoms with van der Waals surface area (Å²) < 4.78 is 16.7. The molecule has 1 aliphatic rings. The number of carbonyl (C=O) groups is 2. The average Bonchev–Trinajstić information content (AvgIpc) is 3.41. The van der Waals surface area contributed by atoms with Gasteiger partial charge in [-0.25, -0.2) is 9.78 Å². The summed E-state index contributed by atoms with van der Waals surface area (Å²) in [5.41, 5.74) is 1.39. The van der Waals surface area contributed by atoms with Crippen molar-refractivity contribution in [2.75, 3.05) is 18.6 Å². The normalized spacial score (nSPS) is 14.8. The summed E-state index contributed by atoms with van der Waals surface area (Å²) in [5.74, 6) is -0.436. The Labute approximate surface area is 211 Å². The van der Waals surface area contributed by atoms with Crippen molar-refractivity contribution in [3.8, 4) is 5.75 Å². The highest BCUT2D eigenvalue weighted by Crippen LogP contribution is 2.43. The third kappa shape index (κ3) is 3.95. The molecule has 0 saturated carbocycles. The van der Waals surface area contributed by atoms with Gasteiger partial charge in [0, 0.05) is 0 Å². The summed E-state index contributed by atoms with van der Waals surface area (Å²) in [6.45, 7) is 4.32. The van der Waals surface area contributed by atoms with E-state index in [1.54, 1.807) is 31.2 Å². The SMILES string of the molecule is CCCCOc1cccc([C@@H]2c3c(oc4ccccc4c3=O)C(=O)N2c2nc(C)c(C(=O)OC)s2)c1. The Bertz CT molecular complexity index is 1540. The minimum atomic E-state index is -0.806. The summed E-state index contributed by atoms with van der Waals surface area (Å²) in [6, 6.07) is 13.4. The minimum Gasteiger partial charge on any atom is -0.494 e. The van der Waals surface area contributed by atoms with Crippen molar-refractivity contribution in [1.29, 1.82) is 0 Å². The van der Waals surface area contributed by atoms with E-state index < -0.39 is 17.9 Å². The van der Waals surface area contributed by atoms with Crippen LogP contribution in [0.25, 0.3) is 11.0 Å². The number of anilines is 1. The number of rotatable bonds is 7. The molecule has 2 aromatic heterocycles. The van der Waals surface area contributed by atoms with E-state index in [2.05, 4.69) is 11.9 Å². The van der Waals surface area contributed by atoms with E-state index in [1.165, 1.54) is 12.0 Å². The van der Waals surface area contributed by atoms with E-state index >= 15 is 0 Å². The van der Waals surface area contributed by atoms with E-state index in [9.17, 15) is 14.4 Å². The Morgan fingerprint density at radius 1 is 1.17 bits per heavy atom. The zero-order chi connectivity index (χ0) is 25.4. The van der Waals surface area contributed by atoms with Crippen molar-refractivity contribution in [3.05, 3.63) is 86.2 Å². The average molecular weight is 505 g/mol. The molecule has 0 radical (unpaired) electrons. The van der Waals surface area contributed by atoms with Gasteiger partial charge in [0.25, 0.3) is 5.91 Å². The van der Waals surface area contributed by atoms with Crippen molar-refractivity contribution in [3.63, 3.8) is 0 Å². The number of esters is 1. The molecule has 184 valence electrons. The van der Waals surface area contributed by atoms with E-state index in [0.29, 0.717) is 34.6 Å². The van der Waals surface area contributed by atoms with E-state index in [4.69, 9.17) is 13.9 Å². The molecular weight excluding hydrogens is 480 g/mol. The van der Waals surface area contributed by atoms with Crippen LogP contribution >= 0.6 is 11.3 Å². The van der Waals surface area contributed by atoms with Crippen LogP contribution in [0.2, 0.25) is 0 Å². The maximum atomic E-state index is 13.7. The fourth-order valence-electron chi connectivity index (χ4n) is 4.31. The summed E-state index contributed by atoms with van der Waals surface area (Å²) in [5, 5.41) is 0.659. The molecule has 0 fully saturated rings. The lowest BCUT2D eigenvalue weighted by molar-refractivity contribution is 0.0605. The molecule has 0 bridgehead atoms. The summed E-state index contributed by atoms with van der Waals surface area (Å²) in [6.07, 6.45) is 1.91.